The van der Waals surface area contributed by atoms with Crippen molar-refractivity contribution in [2.45, 2.75) is 11.9 Å². The van der Waals surface area contributed by atoms with Crippen molar-refractivity contribution in [1.29, 1.82) is 0 Å². The standard InChI is InChI=1S/C9H11IN2O6P2/c10-6-1-2-8-7(3-6)11-5-12(8)4-9(19(13,14)15)20(16,17)18/h1-3,5,9H,4H2,(H2,13,14,15)(H2,16,17,18). The van der Waals surface area contributed by atoms with E-state index >= 15 is 0 Å². The first kappa shape index (κ1) is 16.1. The molecule has 0 aliphatic rings. The van der Waals surface area contributed by atoms with Crippen LogP contribution in [0.4, 0.5) is 0 Å². The highest BCUT2D eigenvalue weighted by molar-refractivity contribution is 14.1. The number of aromatic nitrogens is 2. The number of hydrogen-bond acceptors (Lipinski definition) is 3. The lowest BCUT2D eigenvalue weighted by Gasteiger charge is -2.20. The van der Waals surface area contributed by atoms with Crippen LogP contribution < -0.4 is 0 Å². The van der Waals surface area contributed by atoms with Gasteiger partial charge in [-0.15, -0.1) is 0 Å². The van der Waals surface area contributed by atoms with Crippen LogP contribution in [0, 0.1) is 3.57 Å². The molecule has 11 heteroatoms. The summed E-state index contributed by atoms with van der Waals surface area (Å²) in [7, 11) is -9.88. The van der Waals surface area contributed by atoms with Crippen molar-refractivity contribution < 1.29 is 28.7 Å². The van der Waals surface area contributed by atoms with Crippen LogP contribution in [0.25, 0.3) is 11.0 Å². The Hall–Kier alpha value is -0.280. The Kier molecular flexibility index (Phi) is 4.42. The van der Waals surface area contributed by atoms with Gasteiger partial charge in [-0.3, -0.25) is 9.13 Å². The molecule has 1 heterocycles. The first-order chi connectivity index (χ1) is 9.09. The van der Waals surface area contributed by atoms with Gasteiger partial charge >= 0.3 is 15.2 Å². The second-order valence-electron chi connectivity index (χ2n) is 4.19. The van der Waals surface area contributed by atoms with Crippen LogP contribution in [0.2, 0.25) is 0 Å². The third-order valence-electron chi connectivity index (χ3n) is 2.72. The Bertz CT molecular complexity index is 713. The highest BCUT2D eigenvalue weighted by Gasteiger charge is 2.43. The Morgan fingerprint density at radius 3 is 2.35 bits per heavy atom. The van der Waals surface area contributed by atoms with Crippen molar-refractivity contribution in [2.75, 3.05) is 0 Å². The predicted octanol–water partition coefficient (Wildman–Crippen LogP) is 1.32. The molecule has 0 amide bonds. The highest BCUT2D eigenvalue weighted by Crippen LogP contribution is 2.60. The van der Waals surface area contributed by atoms with Crippen molar-refractivity contribution in [2.24, 2.45) is 0 Å². The SMILES string of the molecule is O=P(O)(O)C(Cn1cnc2cc(I)ccc21)P(=O)(O)O. The third-order valence-corrected chi connectivity index (χ3v) is 7.08. The van der Waals surface area contributed by atoms with E-state index in [-0.39, 0.29) is 0 Å². The van der Waals surface area contributed by atoms with Crippen molar-refractivity contribution in [3.8, 4) is 0 Å². The van der Waals surface area contributed by atoms with Gasteiger partial charge < -0.3 is 24.1 Å². The van der Waals surface area contributed by atoms with Crippen molar-refractivity contribution >= 4 is 48.8 Å². The molecule has 0 saturated heterocycles. The van der Waals surface area contributed by atoms with Gasteiger partial charge in [-0.25, -0.2) is 4.98 Å². The third kappa shape index (κ3) is 3.48. The second kappa shape index (κ2) is 5.49. The summed E-state index contributed by atoms with van der Waals surface area (Å²) in [5.41, 5.74) is 1.14. The minimum Gasteiger partial charge on any atom is -0.329 e. The number of benzene rings is 1. The molecule has 20 heavy (non-hydrogen) atoms. The maximum Gasteiger partial charge on any atom is 0.342 e. The Balaban J connectivity index is 2.44. The summed E-state index contributed by atoms with van der Waals surface area (Å²) in [5.74, 6) is 0. The molecule has 0 fully saturated rings. The van der Waals surface area contributed by atoms with Gasteiger partial charge in [-0.05, 0) is 40.8 Å². The Labute approximate surface area is 127 Å². The fourth-order valence-corrected chi connectivity index (χ4v) is 4.59. The minimum atomic E-state index is -4.94. The van der Waals surface area contributed by atoms with Gasteiger partial charge in [0.05, 0.1) is 17.4 Å². The van der Waals surface area contributed by atoms with Gasteiger partial charge in [-0.2, -0.15) is 0 Å². The van der Waals surface area contributed by atoms with E-state index in [0.29, 0.717) is 11.0 Å². The van der Waals surface area contributed by atoms with Crippen molar-refractivity contribution in [3.63, 3.8) is 0 Å². The van der Waals surface area contributed by atoms with Crippen molar-refractivity contribution in [1.82, 2.24) is 9.55 Å². The van der Waals surface area contributed by atoms with Gasteiger partial charge in [0.25, 0.3) is 0 Å². The number of rotatable bonds is 4. The molecule has 2 rings (SSSR count). The molecule has 1 aromatic carbocycles. The molecule has 0 radical (unpaired) electrons. The molecule has 0 aliphatic carbocycles. The maximum absolute atomic E-state index is 11.3. The molecule has 1 aromatic heterocycles. The topological polar surface area (TPSA) is 133 Å². The summed E-state index contributed by atoms with van der Waals surface area (Å²) in [4.78, 5) is 40.5. The lowest BCUT2D eigenvalue weighted by molar-refractivity contribution is 0.332. The maximum atomic E-state index is 11.3. The Morgan fingerprint density at radius 1 is 1.20 bits per heavy atom. The molecule has 2 aromatic rings. The lowest BCUT2D eigenvalue weighted by atomic mass is 10.3. The number of hydrogen-bond donors (Lipinski definition) is 4. The molecule has 0 bridgehead atoms. The van der Waals surface area contributed by atoms with Crippen LogP contribution in [0.5, 0.6) is 0 Å². The summed E-state index contributed by atoms with van der Waals surface area (Å²) < 4.78 is 24.8. The van der Waals surface area contributed by atoms with Crippen LogP contribution in [0.15, 0.2) is 24.5 Å². The highest BCUT2D eigenvalue weighted by atomic mass is 127. The monoisotopic (exact) mass is 432 g/mol. The fraction of sp³-hybridized carbons (Fsp3) is 0.222. The molecule has 0 aliphatic heterocycles. The zero-order valence-corrected chi connectivity index (χ0v) is 13.8. The number of halogens is 1. The van der Waals surface area contributed by atoms with Gasteiger partial charge in [0.1, 0.15) is 0 Å². The van der Waals surface area contributed by atoms with E-state index in [9.17, 15) is 9.13 Å². The summed E-state index contributed by atoms with van der Waals surface area (Å²) >= 11 is 2.09. The average Bonchev–Trinajstić information content (AvgIpc) is 2.64. The predicted molar refractivity (Wildman–Crippen MR) is 80.3 cm³/mol. The zero-order chi connectivity index (χ0) is 15.1. The molecule has 0 saturated carbocycles. The largest absolute Gasteiger partial charge is 0.342 e. The zero-order valence-electron chi connectivity index (χ0n) is 9.87. The number of fused-ring (bicyclic) bond motifs is 1. The van der Waals surface area contributed by atoms with Crippen molar-refractivity contribution in [3.05, 3.63) is 28.1 Å². The normalized spacial score (nSPS) is 13.3. The molecule has 0 spiro atoms. The number of nitrogens with zero attached hydrogens (tertiary/aromatic N) is 2. The van der Waals surface area contributed by atoms with Gasteiger partial charge in [0.2, 0.25) is 0 Å². The number of imidazole rings is 1. The summed E-state index contributed by atoms with van der Waals surface area (Å²) in [6.07, 6.45) is 1.30. The molecule has 4 N–H and O–H groups in total. The van der Waals surface area contributed by atoms with E-state index in [0.717, 1.165) is 3.57 Å². The van der Waals surface area contributed by atoms with E-state index in [1.54, 1.807) is 18.2 Å². The van der Waals surface area contributed by atoms with Crippen LogP contribution in [-0.2, 0) is 15.7 Å². The fourth-order valence-electron chi connectivity index (χ4n) is 1.77. The second-order valence-corrected chi connectivity index (χ2v) is 9.44. The van der Waals surface area contributed by atoms with Crippen LogP contribution >= 0.6 is 37.8 Å². The van der Waals surface area contributed by atoms with Gasteiger partial charge in [-0.1, -0.05) is 0 Å². The molecule has 110 valence electrons. The van der Waals surface area contributed by atoms with E-state index in [2.05, 4.69) is 27.6 Å². The van der Waals surface area contributed by atoms with Crippen LogP contribution in [-0.4, -0.2) is 34.5 Å². The van der Waals surface area contributed by atoms with Gasteiger partial charge in [0.15, 0.2) is 5.40 Å². The molecular weight excluding hydrogens is 421 g/mol. The minimum absolute atomic E-state index is 0.508. The summed E-state index contributed by atoms with van der Waals surface area (Å²) in [6.45, 7) is -0.508. The summed E-state index contributed by atoms with van der Waals surface area (Å²) in [6, 6.07) is 5.21. The quantitative estimate of drug-likeness (QED) is 0.423. The first-order valence-corrected chi connectivity index (χ1v) is 9.74. The Morgan fingerprint density at radius 2 is 1.80 bits per heavy atom. The van der Waals surface area contributed by atoms with E-state index < -0.39 is 27.1 Å². The molecular formula is C9H11IN2O6P2. The average molecular weight is 432 g/mol. The molecule has 8 nitrogen and oxygen atoms in total. The lowest BCUT2D eigenvalue weighted by Crippen LogP contribution is -2.16. The molecule has 0 unspecified atom stereocenters. The van der Waals surface area contributed by atoms with E-state index in [4.69, 9.17) is 19.6 Å². The van der Waals surface area contributed by atoms with E-state index in [1.807, 2.05) is 0 Å². The van der Waals surface area contributed by atoms with Crippen LogP contribution in [0.3, 0.4) is 0 Å². The van der Waals surface area contributed by atoms with Crippen LogP contribution in [0.1, 0.15) is 0 Å². The van der Waals surface area contributed by atoms with Gasteiger partial charge in [0, 0.05) is 10.1 Å². The van der Waals surface area contributed by atoms with E-state index in [1.165, 1.54) is 10.9 Å². The summed E-state index contributed by atoms with van der Waals surface area (Å²) in [5, 5.41) is -2.08. The molecule has 0 atom stereocenters. The first-order valence-electron chi connectivity index (χ1n) is 5.30. The smallest absolute Gasteiger partial charge is 0.329 e.